The summed E-state index contributed by atoms with van der Waals surface area (Å²) in [5.74, 6) is 0.574. The third-order valence-corrected chi connectivity index (χ3v) is 3.15. The largest absolute Gasteiger partial charge is 0.385 e. The van der Waals surface area contributed by atoms with Crippen molar-refractivity contribution in [2.75, 3.05) is 32.3 Å². The minimum Gasteiger partial charge on any atom is -0.385 e. The first-order chi connectivity index (χ1) is 6.52. The average Bonchev–Trinajstić information content (AvgIpc) is 2.09. The van der Waals surface area contributed by atoms with Crippen LogP contribution in [0.5, 0.6) is 0 Å². The lowest BCUT2D eigenvalue weighted by atomic mass is 9.83. The van der Waals surface area contributed by atoms with Crippen LogP contribution in [0.3, 0.4) is 0 Å². The number of methoxy groups -OCH3 is 1. The molecule has 0 bridgehead atoms. The van der Waals surface area contributed by atoms with Gasteiger partial charge in [0.25, 0.3) is 0 Å². The van der Waals surface area contributed by atoms with Gasteiger partial charge in [0.15, 0.2) is 0 Å². The van der Waals surface area contributed by atoms with Gasteiger partial charge in [-0.25, -0.2) is 0 Å². The second-order valence-electron chi connectivity index (χ2n) is 4.64. The fourth-order valence-corrected chi connectivity index (χ4v) is 2.22. The monoisotopic (exact) mass is 266 g/mol. The fraction of sp³-hybridized carbons (Fsp3) is 1.00. The van der Waals surface area contributed by atoms with E-state index in [1.54, 1.807) is 7.11 Å². The lowest BCUT2D eigenvalue weighted by molar-refractivity contribution is 0.0538. The van der Waals surface area contributed by atoms with E-state index in [0.717, 1.165) is 31.6 Å². The fourth-order valence-electron chi connectivity index (χ4n) is 1.06. The summed E-state index contributed by atoms with van der Waals surface area (Å²) in [6, 6.07) is 0. The van der Waals surface area contributed by atoms with Crippen molar-refractivity contribution in [3.05, 3.63) is 0 Å². The van der Waals surface area contributed by atoms with Gasteiger partial charge in [0.05, 0.1) is 6.61 Å². The van der Waals surface area contributed by atoms with Crippen LogP contribution in [0, 0.1) is 11.3 Å². The van der Waals surface area contributed by atoms with Crippen LogP contribution in [-0.4, -0.2) is 32.3 Å². The minimum absolute atomic E-state index is 0.310. The highest BCUT2D eigenvalue weighted by molar-refractivity contribution is 9.09. The van der Waals surface area contributed by atoms with E-state index >= 15 is 0 Å². The van der Waals surface area contributed by atoms with Crippen molar-refractivity contribution in [3.63, 3.8) is 0 Å². The highest BCUT2D eigenvalue weighted by Crippen LogP contribution is 2.27. The molecule has 0 rings (SSSR count). The van der Waals surface area contributed by atoms with Gasteiger partial charge in [0, 0.05) is 25.7 Å². The normalized spacial score (nSPS) is 14.4. The summed E-state index contributed by atoms with van der Waals surface area (Å²) in [5.41, 5.74) is 0.310. The van der Waals surface area contributed by atoms with Gasteiger partial charge in [0.2, 0.25) is 0 Å². The van der Waals surface area contributed by atoms with Crippen LogP contribution in [0.2, 0.25) is 0 Å². The number of hydrogen-bond donors (Lipinski definition) is 0. The molecule has 0 aromatic heterocycles. The zero-order valence-corrected chi connectivity index (χ0v) is 11.4. The van der Waals surface area contributed by atoms with Crippen molar-refractivity contribution >= 4 is 15.9 Å². The van der Waals surface area contributed by atoms with Gasteiger partial charge in [-0.1, -0.05) is 36.7 Å². The molecule has 0 aliphatic heterocycles. The van der Waals surface area contributed by atoms with Crippen molar-refractivity contribution in [2.24, 2.45) is 11.3 Å². The van der Waals surface area contributed by atoms with Crippen LogP contribution in [0.4, 0.5) is 0 Å². The molecule has 1 atom stereocenters. The smallest absolute Gasteiger partial charge is 0.0507 e. The van der Waals surface area contributed by atoms with E-state index in [9.17, 15) is 0 Å². The average molecular weight is 267 g/mol. The molecular weight excluding hydrogens is 244 g/mol. The molecule has 0 saturated heterocycles. The van der Waals surface area contributed by atoms with E-state index in [2.05, 4.69) is 36.7 Å². The number of alkyl halides is 1. The van der Waals surface area contributed by atoms with E-state index < -0.39 is 0 Å². The molecule has 0 amide bonds. The molecule has 14 heavy (non-hydrogen) atoms. The summed E-state index contributed by atoms with van der Waals surface area (Å²) in [5, 5.41) is 1.00. The highest BCUT2D eigenvalue weighted by Gasteiger charge is 2.23. The Kier molecular flexibility index (Phi) is 7.88. The number of halogens is 1. The predicted molar refractivity (Wildman–Crippen MR) is 64.1 cm³/mol. The Labute approximate surface area is 96.5 Å². The Morgan fingerprint density at radius 1 is 1.21 bits per heavy atom. The van der Waals surface area contributed by atoms with Gasteiger partial charge in [0.1, 0.15) is 0 Å². The van der Waals surface area contributed by atoms with Crippen LogP contribution >= 0.6 is 15.9 Å². The lowest BCUT2D eigenvalue weighted by Crippen LogP contribution is -2.26. The number of ether oxygens (including phenoxy) is 2. The molecule has 0 spiro atoms. The van der Waals surface area contributed by atoms with E-state index in [-0.39, 0.29) is 0 Å². The topological polar surface area (TPSA) is 18.5 Å². The predicted octanol–water partition coefficient (Wildman–Crippen LogP) is 3.10. The quantitative estimate of drug-likeness (QED) is 0.521. The maximum atomic E-state index is 5.61. The zero-order valence-electron chi connectivity index (χ0n) is 9.81. The molecule has 0 saturated carbocycles. The standard InChI is InChI=1S/C11H23BrO2/c1-11(2,3)10(8-12)9-14-7-5-6-13-4/h10H,5-9H2,1-4H3. The molecule has 1 unspecified atom stereocenters. The van der Waals surface area contributed by atoms with Gasteiger partial charge in [-0.15, -0.1) is 0 Å². The van der Waals surface area contributed by atoms with Crippen LogP contribution in [0.1, 0.15) is 27.2 Å². The Bertz CT molecular complexity index is 132. The van der Waals surface area contributed by atoms with E-state index in [1.165, 1.54) is 0 Å². The summed E-state index contributed by atoms with van der Waals surface area (Å²) in [6.45, 7) is 9.16. The highest BCUT2D eigenvalue weighted by atomic mass is 79.9. The van der Waals surface area contributed by atoms with E-state index in [4.69, 9.17) is 9.47 Å². The molecule has 0 fully saturated rings. The molecule has 0 N–H and O–H groups in total. The molecule has 3 heteroatoms. The van der Waals surface area contributed by atoms with Crippen molar-refractivity contribution in [3.8, 4) is 0 Å². The first-order valence-electron chi connectivity index (χ1n) is 5.15. The summed E-state index contributed by atoms with van der Waals surface area (Å²) < 4.78 is 10.6. The third-order valence-electron chi connectivity index (χ3n) is 2.37. The maximum absolute atomic E-state index is 5.61. The van der Waals surface area contributed by atoms with Gasteiger partial charge >= 0.3 is 0 Å². The summed E-state index contributed by atoms with van der Waals surface area (Å²) in [6.07, 6.45) is 0.982. The van der Waals surface area contributed by atoms with Gasteiger partial charge in [-0.2, -0.15) is 0 Å². The number of rotatable bonds is 7. The van der Waals surface area contributed by atoms with E-state index in [1.807, 2.05) is 0 Å². The third kappa shape index (κ3) is 6.80. The molecular formula is C11H23BrO2. The Hall–Kier alpha value is 0.400. The van der Waals surface area contributed by atoms with Crippen molar-refractivity contribution in [2.45, 2.75) is 27.2 Å². The zero-order chi connectivity index (χ0) is 11.0. The van der Waals surface area contributed by atoms with Gasteiger partial charge < -0.3 is 9.47 Å². The Morgan fingerprint density at radius 3 is 2.29 bits per heavy atom. The summed E-state index contributed by atoms with van der Waals surface area (Å²) in [4.78, 5) is 0. The van der Waals surface area contributed by atoms with Gasteiger partial charge in [-0.05, 0) is 17.8 Å². The van der Waals surface area contributed by atoms with Crippen LogP contribution in [-0.2, 0) is 9.47 Å². The lowest BCUT2D eigenvalue weighted by Gasteiger charge is -2.28. The molecule has 0 heterocycles. The first-order valence-corrected chi connectivity index (χ1v) is 6.27. The van der Waals surface area contributed by atoms with Crippen molar-refractivity contribution in [1.29, 1.82) is 0 Å². The molecule has 0 aromatic carbocycles. The summed E-state index contributed by atoms with van der Waals surface area (Å²) >= 11 is 3.53. The molecule has 0 radical (unpaired) electrons. The van der Waals surface area contributed by atoms with Crippen molar-refractivity contribution in [1.82, 2.24) is 0 Å². The molecule has 0 aliphatic rings. The SMILES string of the molecule is COCCCOCC(CBr)C(C)(C)C. The molecule has 0 aromatic rings. The first kappa shape index (κ1) is 14.4. The van der Waals surface area contributed by atoms with Crippen LogP contribution < -0.4 is 0 Å². The second kappa shape index (κ2) is 7.66. The Morgan fingerprint density at radius 2 is 1.86 bits per heavy atom. The van der Waals surface area contributed by atoms with Crippen LogP contribution in [0.15, 0.2) is 0 Å². The summed E-state index contributed by atoms with van der Waals surface area (Å²) in [7, 11) is 1.72. The second-order valence-corrected chi connectivity index (χ2v) is 5.29. The molecule has 0 aliphatic carbocycles. The van der Waals surface area contributed by atoms with Crippen molar-refractivity contribution < 1.29 is 9.47 Å². The van der Waals surface area contributed by atoms with E-state index in [0.29, 0.717) is 11.3 Å². The number of hydrogen-bond acceptors (Lipinski definition) is 2. The molecule has 2 nitrogen and oxygen atoms in total. The van der Waals surface area contributed by atoms with Crippen LogP contribution in [0.25, 0.3) is 0 Å². The Balaban J connectivity index is 3.54. The van der Waals surface area contributed by atoms with Gasteiger partial charge in [-0.3, -0.25) is 0 Å². The maximum Gasteiger partial charge on any atom is 0.0507 e. The molecule has 86 valence electrons. The minimum atomic E-state index is 0.310.